The van der Waals surface area contributed by atoms with Gasteiger partial charge in [-0.05, 0) is 84.9 Å². The Kier molecular flexibility index (Phi) is 3.92. The van der Waals surface area contributed by atoms with E-state index in [4.69, 9.17) is 0 Å². The molecule has 1 aromatic carbocycles. The van der Waals surface area contributed by atoms with E-state index in [1.807, 2.05) is 26.0 Å². The van der Waals surface area contributed by atoms with Crippen LogP contribution in [0, 0.1) is 13.8 Å². The Morgan fingerprint density at radius 1 is 1.16 bits per heavy atom. The van der Waals surface area contributed by atoms with Gasteiger partial charge in [-0.15, -0.1) is 0 Å². The number of rotatable bonds is 1. The molecular formula is C11H11Br3N2O2S. The largest absolute Gasteiger partial charge is 0.318 e. The normalized spacial score (nSPS) is 13.2. The minimum Gasteiger partial charge on any atom is -0.318 e. The Morgan fingerprint density at radius 2 is 1.68 bits per heavy atom. The zero-order chi connectivity index (χ0) is 14.6. The number of alkyl halides is 3. The summed E-state index contributed by atoms with van der Waals surface area (Å²) in [6.45, 7) is 3.96. The number of nitrogens with zero attached hydrogens (tertiary/aromatic N) is 2. The van der Waals surface area contributed by atoms with Gasteiger partial charge >= 0.3 is 0 Å². The lowest BCUT2D eigenvalue weighted by Crippen LogP contribution is -2.21. The third-order valence-corrected chi connectivity index (χ3v) is 8.29. The van der Waals surface area contributed by atoms with Gasteiger partial charge in [0.15, 0.2) is 0 Å². The summed E-state index contributed by atoms with van der Waals surface area (Å²) in [7, 11) is -2.00. The van der Waals surface area contributed by atoms with Gasteiger partial charge in [0.2, 0.25) is 16.5 Å². The molecule has 0 spiro atoms. The highest BCUT2D eigenvalue weighted by atomic mass is 80.0. The third-order valence-electron chi connectivity index (χ3n) is 3.00. The van der Waals surface area contributed by atoms with Gasteiger partial charge in [-0.2, -0.15) is 0 Å². The van der Waals surface area contributed by atoms with Crippen LogP contribution in [0.3, 0.4) is 0 Å². The second-order valence-corrected chi connectivity index (χ2v) is 14.6. The van der Waals surface area contributed by atoms with Crippen LogP contribution in [0.25, 0.3) is 11.0 Å². The van der Waals surface area contributed by atoms with Gasteiger partial charge in [-0.3, -0.25) is 0 Å². The summed E-state index contributed by atoms with van der Waals surface area (Å²) in [6.07, 6.45) is 0. The number of imidazole rings is 1. The van der Waals surface area contributed by atoms with Crippen LogP contribution in [0.2, 0.25) is 0 Å². The fraction of sp³-hybridized carbons (Fsp3) is 0.364. The Morgan fingerprint density at radius 3 is 2.21 bits per heavy atom. The Hall–Kier alpha value is 0.0800. The molecule has 0 N–H and O–H groups in total. The van der Waals surface area contributed by atoms with E-state index in [0.29, 0.717) is 5.52 Å². The molecule has 0 saturated heterocycles. The van der Waals surface area contributed by atoms with Gasteiger partial charge in [0, 0.05) is 7.05 Å². The molecule has 2 aromatic rings. The quantitative estimate of drug-likeness (QED) is 0.591. The lowest BCUT2D eigenvalue weighted by atomic mass is 10.1. The summed E-state index contributed by atoms with van der Waals surface area (Å²) in [5.74, 6) is 0. The van der Waals surface area contributed by atoms with Crippen LogP contribution < -0.4 is 0 Å². The number of aryl methyl sites for hydroxylation is 3. The number of sulfone groups is 1. The van der Waals surface area contributed by atoms with Crippen LogP contribution in [-0.4, -0.2) is 19.4 Å². The van der Waals surface area contributed by atoms with Crippen LogP contribution in [0.1, 0.15) is 11.1 Å². The molecule has 19 heavy (non-hydrogen) atoms. The summed E-state index contributed by atoms with van der Waals surface area (Å²) in [4.78, 5) is 4.24. The van der Waals surface area contributed by atoms with Crippen molar-refractivity contribution >= 4 is 68.7 Å². The minimum absolute atomic E-state index is 0.00174. The molecule has 0 fully saturated rings. The molecule has 0 bridgehead atoms. The standard InChI is InChI=1S/C11H11Br3N2O2S/c1-6-4-8-9(5-7(6)2)16(3)10(15-8)19(17,18)11(12,13)14/h4-5H,1-3H3. The Bertz CT molecular complexity index is 760. The number of benzene rings is 1. The molecule has 2 rings (SSSR count). The Labute approximate surface area is 136 Å². The molecule has 8 heteroatoms. The summed E-state index contributed by atoms with van der Waals surface area (Å²) in [5.41, 5.74) is 3.64. The van der Waals surface area contributed by atoms with Crippen molar-refractivity contribution in [3.05, 3.63) is 23.3 Å². The fourth-order valence-corrected chi connectivity index (χ4v) is 3.96. The average Bonchev–Trinajstić information content (AvgIpc) is 2.56. The molecule has 0 aliphatic carbocycles. The predicted molar refractivity (Wildman–Crippen MR) is 86.9 cm³/mol. The molecule has 0 radical (unpaired) electrons. The number of fused-ring (bicyclic) bond motifs is 1. The maximum atomic E-state index is 12.4. The van der Waals surface area contributed by atoms with Crippen molar-refractivity contribution in [3.63, 3.8) is 0 Å². The van der Waals surface area contributed by atoms with Crippen molar-refractivity contribution in [1.82, 2.24) is 9.55 Å². The molecule has 0 amide bonds. The second-order valence-electron chi connectivity index (χ2n) is 4.33. The summed E-state index contributed by atoms with van der Waals surface area (Å²) < 4.78 is 24.9. The van der Waals surface area contributed by atoms with Crippen LogP contribution in [0.15, 0.2) is 17.3 Å². The van der Waals surface area contributed by atoms with Gasteiger partial charge in [-0.1, -0.05) is 0 Å². The number of hydrogen-bond acceptors (Lipinski definition) is 3. The van der Waals surface area contributed by atoms with Crippen molar-refractivity contribution in [1.29, 1.82) is 0 Å². The lowest BCUT2D eigenvalue weighted by molar-refractivity contribution is 0.583. The van der Waals surface area contributed by atoms with Gasteiger partial charge in [0.05, 0.1) is 11.0 Å². The second kappa shape index (κ2) is 4.82. The highest BCUT2D eigenvalue weighted by Crippen LogP contribution is 2.43. The van der Waals surface area contributed by atoms with E-state index >= 15 is 0 Å². The van der Waals surface area contributed by atoms with E-state index in [1.165, 1.54) is 0 Å². The zero-order valence-electron chi connectivity index (χ0n) is 10.4. The topological polar surface area (TPSA) is 52.0 Å². The molecular weight excluding hydrogens is 464 g/mol. The first-order valence-electron chi connectivity index (χ1n) is 5.30. The van der Waals surface area contributed by atoms with Crippen molar-refractivity contribution in [2.75, 3.05) is 0 Å². The highest BCUT2D eigenvalue weighted by molar-refractivity contribution is 9.42. The molecule has 0 unspecified atom stereocenters. The van der Waals surface area contributed by atoms with E-state index < -0.39 is 11.3 Å². The summed E-state index contributed by atoms with van der Waals surface area (Å²) in [6, 6.07) is 3.83. The van der Waals surface area contributed by atoms with Gasteiger partial charge in [0.1, 0.15) is 0 Å². The fourth-order valence-electron chi connectivity index (χ4n) is 1.77. The molecule has 0 aliphatic rings. The van der Waals surface area contributed by atoms with Crippen LogP contribution >= 0.6 is 47.8 Å². The van der Waals surface area contributed by atoms with Gasteiger partial charge in [-0.25, -0.2) is 13.4 Å². The predicted octanol–water partition coefficient (Wildman–Crippen LogP) is 3.76. The first-order chi connectivity index (χ1) is 8.55. The van der Waals surface area contributed by atoms with Crippen LogP contribution in [0.5, 0.6) is 0 Å². The maximum Gasteiger partial charge on any atom is 0.247 e. The Balaban J connectivity index is 2.82. The maximum absolute atomic E-state index is 12.4. The van der Waals surface area contributed by atoms with Crippen LogP contribution in [-0.2, 0) is 16.9 Å². The van der Waals surface area contributed by atoms with E-state index in [0.717, 1.165) is 16.6 Å². The lowest BCUT2D eigenvalue weighted by Gasteiger charge is -2.12. The number of halogens is 3. The summed E-state index contributed by atoms with van der Waals surface area (Å²) in [5, 5.41) is -0.00174. The number of hydrogen-bond donors (Lipinski definition) is 0. The van der Waals surface area contributed by atoms with Crippen molar-refractivity contribution in [2.24, 2.45) is 7.05 Å². The first kappa shape index (κ1) is 15.5. The van der Waals surface area contributed by atoms with E-state index in [2.05, 4.69) is 52.8 Å². The summed E-state index contributed by atoms with van der Waals surface area (Å²) >= 11 is 9.15. The van der Waals surface area contributed by atoms with Crippen molar-refractivity contribution in [2.45, 2.75) is 20.5 Å². The van der Waals surface area contributed by atoms with E-state index in [9.17, 15) is 8.42 Å². The third kappa shape index (κ3) is 2.52. The first-order valence-corrected chi connectivity index (χ1v) is 9.17. The van der Waals surface area contributed by atoms with Crippen molar-refractivity contribution < 1.29 is 8.42 Å². The zero-order valence-corrected chi connectivity index (χ0v) is 16.0. The highest BCUT2D eigenvalue weighted by Gasteiger charge is 2.41. The molecule has 1 heterocycles. The number of aromatic nitrogens is 2. The van der Waals surface area contributed by atoms with Crippen LogP contribution in [0.4, 0.5) is 0 Å². The van der Waals surface area contributed by atoms with E-state index in [-0.39, 0.29) is 5.16 Å². The molecule has 0 saturated carbocycles. The van der Waals surface area contributed by atoms with Gasteiger partial charge in [0.25, 0.3) is 0 Å². The molecule has 104 valence electrons. The smallest absolute Gasteiger partial charge is 0.247 e. The van der Waals surface area contributed by atoms with Crippen molar-refractivity contribution in [3.8, 4) is 0 Å². The SMILES string of the molecule is Cc1cc2nc(S(=O)(=O)C(Br)(Br)Br)n(C)c2cc1C. The van der Waals surface area contributed by atoms with E-state index in [1.54, 1.807) is 11.6 Å². The average molecular weight is 475 g/mol. The van der Waals surface area contributed by atoms with Gasteiger partial charge < -0.3 is 4.57 Å². The minimum atomic E-state index is -3.69. The molecule has 0 aliphatic heterocycles. The molecule has 0 atom stereocenters. The molecule has 1 aromatic heterocycles. The monoisotopic (exact) mass is 472 g/mol. The molecule has 4 nitrogen and oxygen atoms in total.